The van der Waals surface area contributed by atoms with Gasteiger partial charge in [0.15, 0.2) is 0 Å². The molecule has 0 saturated carbocycles. The van der Waals surface area contributed by atoms with Gasteiger partial charge in [0.1, 0.15) is 12.2 Å². The Kier molecular flexibility index (Phi) is 5.65. The zero-order valence-corrected chi connectivity index (χ0v) is 11.9. The highest BCUT2D eigenvalue weighted by atomic mass is 16.4. The van der Waals surface area contributed by atoms with E-state index in [1.807, 2.05) is 0 Å². The number of rotatable bonds is 6. The molecule has 1 heterocycles. The van der Waals surface area contributed by atoms with Crippen LogP contribution in [0.1, 0.15) is 29.9 Å². The number of aromatic carboxylic acids is 1. The third-order valence-corrected chi connectivity index (χ3v) is 2.70. The number of aromatic nitrogens is 1. The Bertz CT molecular complexity index is 527. The van der Waals surface area contributed by atoms with Crippen LogP contribution in [0.15, 0.2) is 18.3 Å². The molecule has 1 rings (SSSR count). The highest BCUT2D eigenvalue weighted by Crippen LogP contribution is 2.02. The van der Waals surface area contributed by atoms with Gasteiger partial charge in [-0.15, -0.1) is 0 Å². The van der Waals surface area contributed by atoms with Crippen LogP contribution in [0.5, 0.6) is 0 Å². The van der Waals surface area contributed by atoms with Crippen molar-refractivity contribution in [3.63, 3.8) is 0 Å². The van der Waals surface area contributed by atoms with Crippen molar-refractivity contribution in [2.45, 2.75) is 26.4 Å². The van der Waals surface area contributed by atoms with Crippen molar-refractivity contribution in [1.82, 2.24) is 15.2 Å². The van der Waals surface area contributed by atoms with Gasteiger partial charge in [0.05, 0.1) is 0 Å². The van der Waals surface area contributed by atoms with Gasteiger partial charge in [-0.3, -0.25) is 4.79 Å². The normalized spacial score (nSPS) is 10.2. The van der Waals surface area contributed by atoms with Gasteiger partial charge in [-0.2, -0.15) is 0 Å². The lowest BCUT2D eigenvalue weighted by atomic mass is 10.2. The minimum atomic E-state index is -1.11. The molecule has 0 unspecified atom stereocenters. The largest absolute Gasteiger partial charge is 0.477 e. The second-order valence-electron chi connectivity index (χ2n) is 4.70. The third-order valence-electron chi connectivity index (χ3n) is 2.70. The molecule has 0 fully saturated rings. The van der Waals surface area contributed by atoms with Crippen LogP contribution < -0.4 is 11.1 Å². The average Bonchev–Trinajstić information content (AvgIpc) is 2.42. The molecule has 1 aromatic heterocycles. The van der Waals surface area contributed by atoms with Crippen LogP contribution >= 0.6 is 0 Å². The van der Waals surface area contributed by atoms with Gasteiger partial charge in [-0.1, -0.05) is 6.07 Å². The molecule has 0 radical (unpaired) electrons. The first-order valence-corrected chi connectivity index (χ1v) is 6.32. The van der Waals surface area contributed by atoms with Crippen molar-refractivity contribution < 1.29 is 19.5 Å². The number of carboxylic acids is 1. The minimum absolute atomic E-state index is 0.0670. The van der Waals surface area contributed by atoms with E-state index in [4.69, 9.17) is 10.8 Å². The summed E-state index contributed by atoms with van der Waals surface area (Å²) < 4.78 is 0. The van der Waals surface area contributed by atoms with Crippen LogP contribution in [0.4, 0.5) is 4.79 Å². The van der Waals surface area contributed by atoms with E-state index in [1.54, 1.807) is 19.9 Å². The minimum Gasteiger partial charge on any atom is -0.477 e. The maximum atomic E-state index is 12.0. The number of nitrogens with one attached hydrogen (secondary N) is 1. The van der Waals surface area contributed by atoms with Crippen molar-refractivity contribution in [3.8, 4) is 0 Å². The molecule has 3 amide bonds. The number of primary amides is 1. The summed E-state index contributed by atoms with van der Waals surface area (Å²) >= 11 is 0. The van der Waals surface area contributed by atoms with Crippen LogP contribution in [0, 0.1) is 0 Å². The first-order valence-electron chi connectivity index (χ1n) is 6.32. The SMILES string of the molecule is CC(C)N(CC(N)=O)C(=O)NCc1ccc(C(=O)O)nc1. The summed E-state index contributed by atoms with van der Waals surface area (Å²) in [6, 6.07) is 2.31. The van der Waals surface area contributed by atoms with Crippen LogP contribution in [0.25, 0.3) is 0 Å². The van der Waals surface area contributed by atoms with E-state index < -0.39 is 17.9 Å². The van der Waals surface area contributed by atoms with E-state index in [1.165, 1.54) is 17.2 Å². The molecule has 0 aliphatic heterocycles. The number of nitrogens with two attached hydrogens (primary N) is 1. The molecule has 0 atom stereocenters. The van der Waals surface area contributed by atoms with Gasteiger partial charge in [0, 0.05) is 18.8 Å². The van der Waals surface area contributed by atoms with Crippen LogP contribution in [-0.2, 0) is 11.3 Å². The Morgan fingerprint density at radius 1 is 1.38 bits per heavy atom. The second kappa shape index (κ2) is 7.22. The second-order valence-corrected chi connectivity index (χ2v) is 4.70. The van der Waals surface area contributed by atoms with Crippen LogP contribution in [0.3, 0.4) is 0 Å². The molecule has 8 heteroatoms. The van der Waals surface area contributed by atoms with Gasteiger partial charge in [-0.05, 0) is 25.5 Å². The highest BCUT2D eigenvalue weighted by molar-refractivity contribution is 5.85. The number of carboxylic acid groups (broad SMARTS) is 1. The zero-order valence-electron chi connectivity index (χ0n) is 11.9. The smallest absolute Gasteiger partial charge is 0.354 e. The maximum Gasteiger partial charge on any atom is 0.354 e. The average molecular weight is 294 g/mol. The predicted octanol–water partition coefficient (Wildman–Crippen LogP) is 0.185. The van der Waals surface area contributed by atoms with Gasteiger partial charge in [-0.25, -0.2) is 14.6 Å². The lowest BCUT2D eigenvalue weighted by Crippen LogP contribution is -2.47. The molecule has 1 aromatic rings. The lowest BCUT2D eigenvalue weighted by Gasteiger charge is -2.25. The van der Waals surface area contributed by atoms with E-state index in [-0.39, 0.29) is 24.8 Å². The predicted molar refractivity (Wildman–Crippen MR) is 74.5 cm³/mol. The molecular formula is C13H18N4O4. The number of amides is 3. The van der Waals surface area contributed by atoms with E-state index >= 15 is 0 Å². The summed E-state index contributed by atoms with van der Waals surface area (Å²) in [5.41, 5.74) is 5.68. The van der Waals surface area contributed by atoms with Crippen molar-refractivity contribution in [3.05, 3.63) is 29.6 Å². The molecule has 0 spiro atoms. The first kappa shape index (κ1) is 16.4. The molecule has 0 aliphatic rings. The number of hydrogen-bond acceptors (Lipinski definition) is 4. The summed E-state index contributed by atoms with van der Waals surface area (Å²) in [6.45, 7) is 3.55. The van der Waals surface area contributed by atoms with E-state index in [0.717, 1.165) is 0 Å². The fourth-order valence-electron chi connectivity index (χ4n) is 1.59. The first-order chi connectivity index (χ1) is 9.81. The fourth-order valence-corrected chi connectivity index (χ4v) is 1.59. The molecular weight excluding hydrogens is 276 g/mol. The van der Waals surface area contributed by atoms with Gasteiger partial charge < -0.3 is 21.1 Å². The molecule has 4 N–H and O–H groups in total. The number of nitrogens with zero attached hydrogens (tertiary/aromatic N) is 2. The summed E-state index contributed by atoms with van der Waals surface area (Å²) in [5.74, 6) is -1.70. The van der Waals surface area contributed by atoms with E-state index in [0.29, 0.717) is 5.56 Å². The van der Waals surface area contributed by atoms with E-state index in [2.05, 4.69) is 10.3 Å². The van der Waals surface area contributed by atoms with Gasteiger partial charge in [0.25, 0.3) is 0 Å². The Morgan fingerprint density at radius 3 is 2.48 bits per heavy atom. The molecule has 21 heavy (non-hydrogen) atoms. The third kappa shape index (κ3) is 5.09. The van der Waals surface area contributed by atoms with Crippen molar-refractivity contribution in [2.75, 3.05) is 6.54 Å². The number of pyridine rings is 1. The Balaban J connectivity index is 2.62. The van der Waals surface area contributed by atoms with Crippen LogP contribution in [0.2, 0.25) is 0 Å². The Morgan fingerprint density at radius 2 is 2.05 bits per heavy atom. The topological polar surface area (TPSA) is 126 Å². The molecule has 8 nitrogen and oxygen atoms in total. The van der Waals surface area contributed by atoms with Crippen molar-refractivity contribution in [2.24, 2.45) is 5.73 Å². The Hall–Kier alpha value is -2.64. The Labute approximate surface area is 121 Å². The summed E-state index contributed by atoms with van der Waals surface area (Å²) in [5, 5.41) is 11.4. The fraction of sp³-hybridized carbons (Fsp3) is 0.385. The van der Waals surface area contributed by atoms with Crippen molar-refractivity contribution in [1.29, 1.82) is 0 Å². The molecule has 114 valence electrons. The van der Waals surface area contributed by atoms with Crippen LogP contribution in [-0.4, -0.2) is 45.5 Å². The highest BCUT2D eigenvalue weighted by Gasteiger charge is 2.18. The number of carbonyl (C=O) groups excluding carboxylic acids is 2. The maximum absolute atomic E-state index is 12.0. The summed E-state index contributed by atoms with van der Waals surface area (Å²) in [4.78, 5) is 38.6. The zero-order chi connectivity index (χ0) is 16.0. The number of urea groups is 1. The van der Waals surface area contributed by atoms with Gasteiger partial charge >= 0.3 is 12.0 Å². The molecule has 0 aromatic carbocycles. The van der Waals surface area contributed by atoms with Crippen molar-refractivity contribution >= 4 is 17.9 Å². The summed E-state index contributed by atoms with van der Waals surface area (Å²) in [7, 11) is 0. The standard InChI is InChI=1S/C13H18N4O4/c1-8(2)17(7-11(14)18)13(21)16-6-9-3-4-10(12(19)20)15-5-9/h3-5,8H,6-7H2,1-2H3,(H2,14,18)(H,16,21)(H,19,20). The lowest BCUT2D eigenvalue weighted by molar-refractivity contribution is -0.118. The molecule has 0 saturated heterocycles. The van der Waals surface area contributed by atoms with Gasteiger partial charge in [0.2, 0.25) is 5.91 Å². The number of carbonyl (C=O) groups is 3. The quantitative estimate of drug-likeness (QED) is 0.690. The number of hydrogen-bond donors (Lipinski definition) is 3. The summed E-state index contributed by atoms with van der Waals surface area (Å²) in [6.07, 6.45) is 1.37. The monoisotopic (exact) mass is 294 g/mol. The van der Waals surface area contributed by atoms with E-state index in [9.17, 15) is 14.4 Å². The molecule has 0 bridgehead atoms. The molecule has 0 aliphatic carbocycles.